The monoisotopic (exact) mass is 279 g/mol. The van der Waals surface area contributed by atoms with Gasteiger partial charge in [-0.2, -0.15) is 0 Å². The van der Waals surface area contributed by atoms with Crippen LogP contribution in [0.4, 0.5) is 0 Å². The fourth-order valence-electron chi connectivity index (χ4n) is 3.81. The first-order chi connectivity index (χ1) is 9.36. The van der Waals surface area contributed by atoms with Gasteiger partial charge in [-0.25, -0.2) is 0 Å². The maximum absolute atomic E-state index is 11.5. The number of aldehydes is 1. The summed E-state index contributed by atoms with van der Waals surface area (Å²) in [7, 11) is 0. The van der Waals surface area contributed by atoms with Crippen LogP contribution in [0.3, 0.4) is 0 Å². The van der Waals surface area contributed by atoms with E-state index in [1.165, 1.54) is 18.4 Å². The Balaban J connectivity index is 2.23. The predicted molar refractivity (Wildman–Crippen MR) is 81.4 cm³/mol. The molecule has 114 valence electrons. The molecule has 0 N–H and O–H groups in total. The SMILES string of the molecule is CC(C)=CCN1[C@H](C=O)O[C@@H]2C[C@H](C)CC[C@H]2C1(C)C. The Labute approximate surface area is 123 Å². The Morgan fingerprint density at radius 1 is 1.35 bits per heavy atom. The van der Waals surface area contributed by atoms with E-state index in [9.17, 15) is 4.79 Å². The van der Waals surface area contributed by atoms with Gasteiger partial charge in [-0.1, -0.05) is 25.0 Å². The average Bonchev–Trinajstić information content (AvgIpc) is 2.35. The van der Waals surface area contributed by atoms with Crippen LogP contribution in [0.25, 0.3) is 0 Å². The third-order valence-corrected chi connectivity index (χ3v) is 5.14. The molecule has 2 aliphatic rings. The Morgan fingerprint density at radius 3 is 2.65 bits per heavy atom. The molecule has 1 saturated heterocycles. The third-order valence-electron chi connectivity index (χ3n) is 5.14. The molecule has 0 spiro atoms. The summed E-state index contributed by atoms with van der Waals surface area (Å²) < 4.78 is 6.12. The zero-order chi connectivity index (χ0) is 14.9. The summed E-state index contributed by atoms with van der Waals surface area (Å²) in [4.78, 5) is 13.7. The summed E-state index contributed by atoms with van der Waals surface area (Å²) >= 11 is 0. The Morgan fingerprint density at radius 2 is 2.05 bits per heavy atom. The van der Waals surface area contributed by atoms with Crippen molar-refractivity contribution >= 4 is 6.29 Å². The van der Waals surface area contributed by atoms with Crippen molar-refractivity contribution in [2.45, 2.75) is 71.8 Å². The molecule has 20 heavy (non-hydrogen) atoms. The summed E-state index contributed by atoms with van der Waals surface area (Å²) in [5.74, 6) is 1.24. The van der Waals surface area contributed by atoms with Gasteiger partial charge in [0.1, 0.15) is 0 Å². The van der Waals surface area contributed by atoms with Crippen LogP contribution in [0.2, 0.25) is 0 Å². The molecule has 2 rings (SSSR count). The van der Waals surface area contributed by atoms with E-state index < -0.39 is 6.23 Å². The minimum Gasteiger partial charge on any atom is -0.352 e. The van der Waals surface area contributed by atoms with E-state index in [0.717, 1.165) is 19.3 Å². The molecule has 0 radical (unpaired) electrons. The van der Waals surface area contributed by atoms with E-state index in [1.54, 1.807) is 0 Å². The lowest BCUT2D eigenvalue weighted by molar-refractivity contribution is -0.219. The maximum Gasteiger partial charge on any atom is 0.168 e. The quantitative estimate of drug-likeness (QED) is 0.586. The van der Waals surface area contributed by atoms with Crippen LogP contribution in [-0.4, -0.2) is 35.6 Å². The van der Waals surface area contributed by atoms with Gasteiger partial charge in [0, 0.05) is 18.0 Å². The molecule has 0 bridgehead atoms. The van der Waals surface area contributed by atoms with Gasteiger partial charge in [0.25, 0.3) is 0 Å². The summed E-state index contributed by atoms with van der Waals surface area (Å²) in [6.07, 6.45) is 6.57. The highest BCUT2D eigenvalue weighted by atomic mass is 16.5. The molecule has 0 aromatic rings. The number of carbonyl (C=O) groups is 1. The van der Waals surface area contributed by atoms with Gasteiger partial charge in [0.15, 0.2) is 12.5 Å². The van der Waals surface area contributed by atoms with Crippen LogP contribution in [0.1, 0.15) is 53.9 Å². The second kappa shape index (κ2) is 5.98. The number of carbonyl (C=O) groups excluding carboxylic acids is 1. The Hall–Kier alpha value is -0.670. The zero-order valence-electron chi connectivity index (χ0n) is 13.6. The Bertz CT molecular complexity index is 384. The van der Waals surface area contributed by atoms with E-state index in [4.69, 9.17) is 4.74 Å². The van der Waals surface area contributed by atoms with Gasteiger partial charge in [0.2, 0.25) is 0 Å². The van der Waals surface area contributed by atoms with Crippen molar-refractivity contribution in [3.63, 3.8) is 0 Å². The highest BCUT2D eigenvalue weighted by Crippen LogP contribution is 2.44. The van der Waals surface area contributed by atoms with E-state index in [-0.39, 0.29) is 11.6 Å². The molecule has 1 aliphatic heterocycles. The van der Waals surface area contributed by atoms with E-state index in [0.29, 0.717) is 11.8 Å². The van der Waals surface area contributed by atoms with Gasteiger partial charge in [-0.05, 0) is 46.5 Å². The molecule has 3 nitrogen and oxygen atoms in total. The number of fused-ring (bicyclic) bond motifs is 1. The van der Waals surface area contributed by atoms with Gasteiger partial charge in [0.05, 0.1) is 6.10 Å². The van der Waals surface area contributed by atoms with Crippen LogP contribution in [0.15, 0.2) is 11.6 Å². The van der Waals surface area contributed by atoms with Gasteiger partial charge in [-0.3, -0.25) is 9.69 Å². The number of allylic oxidation sites excluding steroid dienone is 1. The summed E-state index contributed by atoms with van der Waals surface area (Å²) in [6.45, 7) is 11.8. The molecule has 1 saturated carbocycles. The number of hydrogen-bond donors (Lipinski definition) is 0. The van der Waals surface area contributed by atoms with Crippen LogP contribution >= 0.6 is 0 Å². The second-order valence-electron chi connectivity index (χ2n) is 7.31. The van der Waals surface area contributed by atoms with Crippen molar-refractivity contribution in [1.82, 2.24) is 4.90 Å². The first-order valence-electron chi connectivity index (χ1n) is 7.87. The normalized spacial score (nSPS) is 37.0. The van der Waals surface area contributed by atoms with Crippen molar-refractivity contribution in [3.8, 4) is 0 Å². The van der Waals surface area contributed by atoms with Gasteiger partial charge >= 0.3 is 0 Å². The van der Waals surface area contributed by atoms with Crippen LogP contribution in [-0.2, 0) is 9.53 Å². The van der Waals surface area contributed by atoms with Crippen LogP contribution in [0, 0.1) is 11.8 Å². The number of nitrogens with zero attached hydrogens (tertiary/aromatic N) is 1. The van der Waals surface area contributed by atoms with E-state index in [2.05, 4.69) is 45.6 Å². The smallest absolute Gasteiger partial charge is 0.168 e. The fraction of sp³-hybridized carbons (Fsp3) is 0.824. The van der Waals surface area contributed by atoms with Crippen LogP contribution in [0.5, 0.6) is 0 Å². The summed E-state index contributed by atoms with van der Waals surface area (Å²) in [6, 6.07) is 0. The van der Waals surface area contributed by atoms with Gasteiger partial charge in [-0.15, -0.1) is 0 Å². The number of hydrogen-bond acceptors (Lipinski definition) is 3. The topological polar surface area (TPSA) is 29.5 Å². The van der Waals surface area contributed by atoms with Crippen molar-refractivity contribution in [3.05, 3.63) is 11.6 Å². The van der Waals surface area contributed by atoms with Crippen molar-refractivity contribution in [2.75, 3.05) is 6.54 Å². The molecule has 1 aliphatic carbocycles. The molecular formula is C17H29NO2. The molecule has 0 unspecified atom stereocenters. The molecule has 0 aromatic carbocycles. The molecule has 3 heteroatoms. The van der Waals surface area contributed by atoms with E-state index in [1.807, 2.05) is 0 Å². The molecule has 2 fully saturated rings. The second-order valence-corrected chi connectivity index (χ2v) is 7.31. The van der Waals surface area contributed by atoms with Crippen molar-refractivity contribution < 1.29 is 9.53 Å². The minimum atomic E-state index is -0.396. The summed E-state index contributed by atoms with van der Waals surface area (Å²) in [5, 5.41) is 0. The van der Waals surface area contributed by atoms with Gasteiger partial charge < -0.3 is 4.74 Å². The maximum atomic E-state index is 11.5. The van der Waals surface area contributed by atoms with E-state index >= 15 is 0 Å². The van der Waals surface area contributed by atoms with Crippen molar-refractivity contribution in [2.24, 2.45) is 11.8 Å². The third kappa shape index (κ3) is 2.99. The first-order valence-corrected chi connectivity index (χ1v) is 7.87. The molecule has 4 atom stereocenters. The molecule has 1 heterocycles. The molecule has 0 aromatic heterocycles. The lowest BCUT2D eigenvalue weighted by Crippen LogP contribution is -2.65. The average molecular weight is 279 g/mol. The number of ether oxygens (including phenoxy) is 1. The lowest BCUT2D eigenvalue weighted by Gasteiger charge is -2.56. The zero-order valence-corrected chi connectivity index (χ0v) is 13.6. The standard InChI is InChI=1S/C17H29NO2/c1-12(2)8-9-18-16(11-19)20-15-10-13(3)6-7-14(15)17(18,4)5/h8,11,13-16H,6-7,9-10H2,1-5H3/t13-,14-,15-,16+/m1/s1. The predicted octanol–water partition coefficient (Wildman–Crippen LogP) is 3.39. The highest BCUT2D eigenvalue weighted by molar-refractivity contribution is 5.56. The Kier molecular flexibility index (Phi) is 4.70. The van der Waals surface area contributed by atoms with Crippen LogP contribution < -0.4 is 0 Å². The number of rotatable bonds is 3. The lowest BCUT2D eigenvalue weighted by atomic mass is 9.70. The summed E-state index contributed by atoms with van der Waals surface area (Å²) in [5.41, 5.74) is 1.30. The molecular weight excluding hydrogens is 250 g/mol. The van der Waals surface area contributed by atoms with Crippen molar-refractivity contribution in [1.29, 1.82) is 0 Å². The minimum absolute atomic E-state index is 0.0145. The molecule has 0 amide bonds. The first kappa shape index (κ1) is 15.7. The largest absolute Gasteiger partial charge is 0.352 e. The highest BCUT2D eigenvalue weighted by Gasteiger charge is 2.50. The fourth-order valence-corrected chi connectivity index (χ4v) is 3.81.